The molecule has 2 saturated heterocycles. The summed E-state index contributed by atoms with van der Waals surface area (Å²) < 4.78 is 4.19. The average molecular weight is 310 g/mol. The third kappa shape index (κ3) is 2.60. The summed E-state index contributed by atoms with van der Waals surface area (Å²) in [5, 5.41) is 13.7. The molecule has 0 aromatic carbocycles. The molecule has 3 heterocycles. The number of carbonyl (C=O) groups is 1. The highest BCUT2D eigenvalue weighted by atomic mass is 32.1. The van der Waals surface area contributed by atoms with E-state index in [9.17, 15) is 9.90 Å². The van der Waals surface area contributed by atoms with E-state index < -0.39 is 0 Å². The Hall–Kier alpha value is -1.34. The summed E-state index contributed by atoms with van der Waals surface area (Å²) in [4.78, 5) is 14.7. The Labute approximate surface area is 128 Å². The van der Waals surface area contributed by atoms with Crippen molar-refractivity contribution in [1.82, 2.24) is 9.69 Å². The van der Waals surface area contributed by atoms with E-state index in [0.29, 0.717) is 23.5 Å². The SMILES string of the molecule is CC(C)NC(=O)c1c(N)nsc1N1C2CCC1CC(O)C2. The summed E-state index contributed by atoms with van der Waals surface area (Å²) in [6, 6.07) is 0.651. The molecule has 7 heteroatoms. The minimum atomic E-state index is -0.225. The van der Waals surface area contributed by atoms with Crippen molar-refractivity contribution in [1.29, 1.82) is 0 Å². The lowest BCUT2D eigenvalue weighted by Crippen LogP contribution is -2.45. The standard InChI is InChI=1S/C14H22N4O2S/c1-7(2)16-13(20)11-12(15)17-21-14(11)18-8-3-4-9(18)6-10(19)5-8/h7-10,19H,3-6H2,1-2H3,(H2,15,17)(H,16,20). The third-order valence-electron chi connectivity index (χ3n) is 4.29. The van der Waals surface area contributed by atoms with Crippen molar-refractivity contribution in [3.63, 3.8) is 0 Å². The van der Waals surface area contributed by atoms with Gasteiger partial charge in [-0.05, 0) is 51.1 Å². The maximum Gasteiger partial charge on any atom is 0.258 e. The zero-order valence-corrected chi connectivity index (χ0v) is 13.2. The predicted molar refractivity (Wildman–Crippen MR) is 83.7 cm³/mol. The highest BCUT2D eigenvalue weighted by Crippen LogP contribution is 2.43. The number of aliphatic hydroxyl groups excluding tert-OH is 1. The number of aliphatic hydroxyl groups is 1. The zero-order valence-electron chi connectivity index (χ0n) is 12.4. The first-order valence-corrected chi connectivity index (χ1v) is 8.27. The average Bonchev–Trinajstić information content (AvgIpc) is 2.87. The van der Waals surface area contributed by atoms with Crippen molar-refractivity contribution in [2.75, 3.05) is 10.6 Å². The Morgan fingerprint density at radius 1 is 1.43 bits per heavy atom. The predicted octanol–water partition coefficient (Wildman–Crippen LogP) is 1.36. The number of nitrogens with two attached hydrogens (primary N) is 1. The van der Waals surface area contributed by atoms with Crippen LogP contribution in [-0.4, -0.2) is 39.6 Å². The smallest absolute Gasteiger partial charge is 0.258 e. The number of anilines is 2. The number of carbonyl (C=O) groups excluding carboxylic acids is 1. The van der Waals surface area contributed by atoms with Crippen molar-refractivity contribution in [2.24, 2.45) is 0 Å². The van der Waals surface area contributed by atoms with Crippen LogP contribution in [-0.2, 0) is 0 Å². The lowest BCUT2D eigenvalue weighted by Gasteiger charge is -2.38. The van der Waals surface area contributed by atoms with Crippen molar-refractivity contribution in [3.8, 4) is 0 Å². The van der Waals surface area contributed by atoms with E-state index >= 15 is 0 Å². The van der Waals surface area contributed by atoms with Gasteiger partial charge in [0.05, 0.1) is 6.10 Å². The normalized spacial score (nSPS) is 28.2. The summed E-state index contributed by atoms with van der Waals surface area (Å²) in [6.07, 6.45) is 3.42. The van der Waals surface area contributed by atoms with Crippen LogP contribution in [0.5, 0.6) is 0 Å². The molecule has 4 N–H and O–H groups in total. The summed E-state index contributed by atoms with van der Waals surface area (Å²) in [5.74, 6) is 0.149. The number of fused-ring (bicyclic) bond motifs is 2. The van der Waals surface area contributed by atoms with Gasteiger partial charge in [0.1, 0.15) is 10.6 Å². The number of hydrogen-bond donors (Lipinski definition) is 3. The van der Waals surface area contributed by atoms with Crippen molar-refractivity contribution in [2.45, 2.75) is 63.8 Å². The Morgan fingerprint density at radius 3 is 2.62 bits per heavy atom. The largest absolute Gasteiger partial charge is 0.393 e. The molecular formula is C14H22N4O2S. The van der Waals surface area contributed by atoms with Crippen molar-refractivity contribution in [3.05, 3.63) is 5.56 Å². The molecule has 1 aromatic heterocycles. The van der Waals surface area contributed by atoms with Gasteiger partial charge in [-0.3, -0.25) is 4.79 Å². The van der Waals surface area contributed by atoms with Crippen molar-refractivity contribution < 1.29 is 9.90 Å². The van der Waals surface area contributed by atoms with Gasteiger partial charge in [0, 0.05) is 18.1 Å². The van der Waals surface area contributed by atoms with E-state index in [4.69, 9.17) is 5.73 Å². The molecule has 6 nitrogen and oxygen atoms in total. The molecule has 21 heavy (non-hydrogen) atoms. The first kappa shape index (κ1) is 14.6. The first-order valence-electron chi connectivity index (χ1n) is 7.49. The Balaban J connectivity index is 1.92. The van der Waals surface area contributed by atoms with Crippen LogP contribution in [0.25, 0.3) is 0 Å². The second kappa shape index (κ2) is 5.46. The number of nitrogens with one attached hydrogen (secondary N) is 1. The van der Waals surface area contributed by atoms with Gasteiger partial charge >= 0.3 is 0 Å². The summed E-state index contributed by atoms with van der Waals surface area (Å²) in [5.41, 5.74) is 6.43. The number of aromatic nitrogens is 1. The molecule has 2 bridgehead atoms. The van der Waals surface area contributed by atoms with E-state index in [1.54, 1.807) is 0 Å². The Bertz CT molecular complexity index is 531. The molecule has 0 spiro atoms. The number of nitrogens with zero attached hydrogens (tertiary/aromatic N) is 2. The molecule has 2 fully saturated rings. The molecule has 0 radical (unpaired) electrons. The first-order chi connectivity index (χ1) is 9.97. The van der Waals surface area contributed by atoms with E-state index in [0.717, 1.165) is 30.7 Å². The van der Waals surface area contributed by atoms with Gasteiger partial charge in [0.25, 0.3) is 5.91 Å². The number of amides is 1. The zero-order chi connectivity index (χ0) is 15.1. The molecule has 2 unspecified atom stereocenters. The topological polar surface area (TPSA) is 91.5 Å². The number of piperidine rings is 1. The summed E-state index contributed by atoms with van der Waals surface area (Å²) in [7, 11) is 0. The highest BCUT2D eigenvalue weighted by molar-refractivity contribution is 7.11. The molecule has 2 aliphatic heterocycles. The Kier molecular flexibility index (Phi) is 3.79. The molecule has 2 atom stereocenters. The minimum absolute atomic E-state index is 0.0598. The molecule has 3 rings (SSSR count). The van der Waals surface area contributed by atoms with Crippen LogP contribution < -0.4 is 16.0 Å². The minimum Gasteiger partial charge on any atom is -0.393 e. The fourth-order valence-electron chi connectivity index (χ4n) is 3.50. The second-order valence-electron chi connectivity index (χ2n) is 6.29. The van der Waals surface area contributed by atoms with Gasteiger partial charge in [0.15, 0.2) is 5.82 Å². The van der Waals surface area contributed by atoms with Crippen LogP contribution in [0.4, 0.5) is 10.8 Å². The molecule has 1 amide bonds. The fraction of sp³-hybridized carbons (Fsp3) is 0.714. The van der Waals surface area contributed by atoms with Gasteiger partial charge < -0.3 is 21.1 Å². The van der Waals surface area contributed by atoms with Gasteiger partial charge in [0.2, 0.25) is 0 Å². The molecule has 0 aliphatic carbocycles. The van der Waals surface area contributed by atoms with E-state index in [-0.39, 0.29) is 18.1 Å². The second-order valence-corrected chi connectivity index (χ2v) is 7.05. The van der Waals surface area contributed by atoms with Gasteiger partial charge in [-0.15, -0.1) is 0 Å². The molecule has 0 saturated carbocycles. The fourth-order valence-corrected chi connectivity index (χ4v) is 4.45. The monoisotopic (exact) mass is 310 g/mol. The summed E-state index contributed by atoms with van der Waals surface area (Å²) >= 11 is 1.30. The molecular weight excluding hydrogens is 288 g/mol. The van der Waals surface area contributed by atoms with Crippen LogP contribution in [0.3, 0.4) is 0 Å². The highest BCUT2D eigenvalue weighted by Gasteiger charge is 2.42. The van der Waals surface area contributed by atoms with Gasteiger partial charge in [-0.2, -0.15) is 4.37 Å². The van der Waals surface area contributed by atoms with Crippen molar-refractivity contribution >= 4 is 28.3 Å². The third-order valence-corrected chi connectivity index (χ3v) is 5.17. The number of rotatable bonds is 3. The van der Waals surface area contributed by atoms with Crippen LogP contribution in [0.15, 0.2) is 0 Å². The van der Waals surface area contributed by atoms with Crippen LogP contribution in [0.2, 0.25) is 0 Å². The maximum absolute atomic E-state index is 12.4. The molecule has 2 aliphatic rings. The quantitative estimate of drug-likeness (QED) is 0.784. The maximum atomic E-state index is 12.4. The van der Waals surface area contributed by atoms with Gasteiger partial charge in [-0.25, -0.2) is 0 Å². The van der Waals surface area contributed by atoms with E-state index in [2.05, 4.69) is 14.6 Å². The van der Waals surface area contributed by atoms with Crippen LogP contribution >= 0.6 is 11.5 Å². The van der Waals surface area contributed by atoms with Crippen LogP contribution in [0.1, 0.15) is 49.9 Å². The van der Waals surface area contributed by atoms with E-state index in [1.807, 2.05) is 13.8 Å². The lowest BCUT2D eigenvalue weighted by molar-refractivity contribution is 0.0944. The number of hydrogen-bond acceptors (Lipinski definition) is 6. The molecule has 1 aromatic rings. The lowest BCUT2D eigenvalue weighted by atomic mass is 10.00. The number of nitrogen functional groups attached to an aromatic ring is 1. The summed E-state index contributed by atoms with van der Waals surface area (Å²) in [6.45, 7) is 3.85. The molecule has 116 valence electrons. The van der Waals surface area contributed by atoms with Gasteiger partial charge in [-0.1, -0.05) is 0 Å². The van der Waals surface area contributed by atoms with E-state index in [1.165, 1.54) is 11.5 Å². The Morgan fingerprint density at radius 2 is 2.05 bits per heavy atom. The van der Waals surface area contributed by atoms with Crippen LogP contribution in [0, 0.1) is 0 Å².